The Bertz CT molecular complexity index is 649. The van der Waals surface area contributed by atoms with Crippen LogP contribution in [-0.2, 0) is 4.79 Å². The Kier molecular flexibility index (Phi) is 9.61. The summed E-state index contributed by atoms with van der Waals surface area (Å²) in [6, 6.07) is 7.02. The van der Waals surface area contributed by atoms with Crippen molar-refractivity contribution in [2.75, 3.05) is 44.8 Å². The molecule has 26 heavy (non-hydrogen) atoms. The number of ether oxygens (including phenoxy) is 2. The van der Waals surface area contributed by atoms with E-state index in [1.54, 1.807) is 18.2 Å². The molecule has 142 valence electrons. The van der Waals surface area contributed by atoms with Crippen LogP contribution < -0.4 is 14.8 Å². The van der Waals surface area contributed by atoms with Gasteiger partial charge in [-0.15, -0.1) is 0 Å². The third-order valence-electron chi connectivity index (χ3n) is 3.30. The molecule has 1 amide bonds. The maximum Gasteiger partial charge on any atom is 0.266 e. The van der Waals surface area contributed by atoms with Crippen molar-refractivity contribution in [3.05, 3.63) is 30.0 Å². The SMILES string of the molecule is CCOc1ccc(N/C=C(/C#N)C(=O)N(CCO)CCO)cc1OCC. The molecule has 1 aromatic carbocycles. The Morgan fingerprint density at radius 1 is 1.19 bits per heavy atom. The molecule has 8 nitrogen and oxygen atoms in total. The van der Waals surface area contributed by atoms with Crippen LogP contribution in [0.15, 0.2) is 30.0 Å². The smallest absolute Gasteiger partial charge is 0.266 e. The van der Waals surface area contributed by atoms with Crippen molar-refractivity contribution >= 4 is 11.6 Å². The van der Waals surface area contributed by atoms with E-state index in [-0.39, 0.29) is 31.9 Å². The number of aliphatic hydroxyl groups excluding tert-OH is 2. The summed E-state index contributed by atoms with van der Waals surface area (Å²) in [5, 5.41) is 30.1. The number of carbonyl (C=O) groups is 1. The molecule has 0 saturated heterocycles. The first kappa shape index (κ1) is 21.3. The molecule has 3 N–H and O–H groups in total. The van der Waals surface area contributed by atoms with E-state index in [4.69, 9.17) is 19.7 Å². The van der Waals surface area contributed by atoms with E-state index in [1.165, 1.54) is 11.1 Å². The van der Waals surface area contributed by atoms with Crippen molar-refractivity contribution in [2.45, 2.75) is 13.8 Å². The van der Waals surface area contributed by atoms with Crippen LogP contribution in [0.4, 0.5) is 5.69 Å². The maximum absolute atomic E-state index is 12.3. The topological polar surface area (TPSA) is 115 Å². The minimum Gasteiger partial charge on any atom is -0.490 e. The molecule has 0 radical (unpaired) electrons. The highest BCUT2D eigenvalue weighted by molar-refractivity contribution is 5.97. The van der Waals surface area contributed by atoms with Crippen molar-refractivity contribution in [3.8, 4) is 17.6 Å². The van der Waals surface area contributed by atoms with Crippen molar-refractivity contribution < 1.29 is 24.5 Å². The molecule has 0 bridgehead atoms. The number of benzene rings is 1. The van der Waals surface area contributed by atoms with Gasteiger partial charge in [0.15, 0.2) is 11.5 Å². The lowest BCUT2D eigenvalue weighted by Crippen LogP contribution is -2.36. The normalized spacial score (nSPS) is 10.8. The van der Waals surface area contributed by atoms with Crippen LogP contribution in [0.2, 0.25) is 0 Å². The van der Waals surface area contributed by atoms with Crippen LogP contribution in [-0.4, -0.2) is 60.5 Å². The Morgan fingerprint density at radius 2 is 1.81 bits per heavy atom. The van der Waals surface area contributed by atoms with Crippen LogP contribution in [0, 0.1) is 11.3 Å². The lowest BCUT2D eigenvalue weighted by atomic mass is 10.2. The van der Waals surface area contributed by atoms with Gasteiger partial charge in [-0.05, 0) is 26.0 Å². The van der Waals surface area contributed by atoms with Crippen molar-refractivity contribution in [2.24, 2.45) is 0 Å². The number of hydrogen-bond donors (Lipinski definition) is 3. The van der Waals surface area contributed by atoms with Gasteiger partial charge in [0, 0.05) is 31.0 Å². The minimum atomic E-state index is -0.570. The first-order valence-corrected chi connectivity index (χ1v) is 8.38. The van der Waals surface area contributed by atoms with Gasteiger partial charge in [-0.3, -0.25) is 4.79 Å². The monoisotopic (exact) mass is 363 g/mol. The molecule has 0 heterocycles. The van der Waals surface area contributed by atoms with Crippen molar-refractivity contribution in [3.63, 3.8) is 0 Å². The van der Waals surface area contributed by atoms with E-state index < -0.39 is 5.91 Å². The first-order valence-electron chi connectivity index (χ1n) is 8.38. The molecule has 0 saturated carbocycles. The maximum atomic E-state index is 12.3. The minimum absolute atomic E-state index is 0.0377. The second-order valence-corrected chi connectivity index (χ2v) is 5.08. The van der Waals surface area contributed by atoms with Gasteiger partial charge >= 0.3 is 0 Å². The molecule has 1 aromatic rings. The van der Waals surface area contributed by atoms with E-state index in [0.717, 1.165) is 0 Å². The summed E-state index contributed by atoms with van der Waals surface area (Å²) >= 11 is 0. The third-order valence-corrected chi connectivity index (χ3v) is 3.30. The van der Waals surface area contributed by atoms with Gasteiger partial charge in [0.2, 0.25) is 0 Å². The zero-order valence-corrected chi connectivity index (χ0v) is 15.1. The number of carbonyl (C=O) groups excluding carboxylic acids is 1. The zero-order valence-electron chi connectivity index (χ0n) is 15.1. The number of anilines is 1. The van der Waals surface area contributed by atoms with E-state index in [1.807, 2.05) is 19.9 Å². The number of nitrogens with zero attached hydrogens (tertiary/aromatic N) is 2. The molecule has 0 unspecified atom stereocenters. The Morgan fingerprint density at radius 3 is 2.35 bits per heavy atom. The molecular weight excluding hydrogens is 338 g/mol. The standard InChI is InChI=1S/C18H25N3O5/c1-3-25-16-6-5-15(11-17(16)26-4-2)20-13-14(12-19)18(24)21(7-9-22)8-10-23/h5-6,11,13,20,22-23H,3-4,7-10H2,1-2H3/b14-13-. The molecule has 0 fully saturated rings. The molecule has 1 rings (SSSR count). The number of amides is 1. The van der Waals surface area contributed by atoms with Crippen LogP contribution >= 0.6 is 0 Å². The highest BCUT2D eigenvalue weighted by Crippen LogP contribution is 2.30. The molecule has 0 atom stereocenters. The summed E-state index contributed by atoms with van der Waals surface area (Å²) in [7, 11) is 0. The molecule has 0 spiro atoms. The van der Waals surface area contributed by atoms with Gasteiger partial charge in [-0.2, -0.15) is 5.26 Å². The third kappa shape index (κ3) is 6.27. The number of nitrogens with one attached hydrogen (secondary N) is 1. The van der Waals surface area contributed by atoms with Gasteiger partial charge in [0.05, 0.1) is 26.4 Å². The molecule has 0 aromatic heterocycles. The largest absolute Gasteiger partial charge is 0.490 e. The van der Waals surface area contributed by atoms with Gasteiger partial charge in [-0.25, -0.2) is 0 Å². The number of hydrogen-bond acceptors (Lipinski definition) is 7. The van der Waals surface area contributed by atoms with Gasteiger partial charge < -0.3 is 29.9 Å². The second-order valence-electron chi connectivity index (χ2n) is 5.08. The van der Waals surface area contributed by atoms with E-state index in [0.29, 0.717) is 30.4 Å². The average molecular weight is 363 g/mol. The highest BCUT2D eigenvalue weighted by atomic mass is 16.5. The zero-order chi connectivity index (χ0) is 19.4. The van der Waals surface area contributed by atoms with Gasteiger partial charge in [-0.1, -0.05) is 0 Å². The van der Waals surface area contributed by atoms with Crippen molar-refractivity contribution in [1.29, 1.82) is 5.26 Å². The Balaban J connectivity index is 2.96. The van der Waals surface area contributed by atoms with E-state index in [2.05, 4.69) is 5.32 Å². The Labute approximate surface area is 153 Å². The van der Waals surface area contributed by atoms with Gasteiger partial charge in [0.1, 0.15) is 11.6 Å². The molecular formula is C18H25N3O5. The fourth-order valence-electron chi connectivity index (χ4n) is 2.16. The number of rotatable bonds is 11. The number of nitriles is 1. The first-order chi connectivity index (χ1) is 12.6. The lowest BCUT2D eigenvalue weighted by Gasteiger charge is -2.20. The molecule has 0 aliphatic rings. The van der Waals surface area contributed by atoms with Gasteiger partial charge in [0.25, 0.3) is 5.91 Å². The summed E-state index contributed by atoms with van der Waals surface area (Å²) in [4.78, 5) is 13.5. The molecule has 0 aliphatic heterocycles. The molecule has 0 aliphatic carbocycles. The average Bonchev–Trinajstić information content (AvgIpc) is 2.64. The predicted molar refractivity (Wildman–Crippen MR) is 96.9 cm³/mol. The van der Waals surface area contributed by atoms with Crippen molar-refractivity contribution in [1.82, 2.24) is 4.90 Å². The van der Waals surface area contributed by atoms with E-state index in [9.17, 15) is 10.1 Å². The highest BCUT2D eigenvalue weighted by Gasteiger charge is 2.17. The lowest BCUT2D eigenvalue weighted by molar-refractivity contribution is -0.127. The van der Waals surface area contributed by atoms with Crippen LogP contribution in [0.3, 0.4) is 0 Å². The Hall–Kier alpha value is -2.76. The molecule has 8 heteroatoms. The summed E-state index contributed by atoms with van der Waals surface area (Å²) in [5.74, 6) is 0.594. The van der Waals surface area contributed by atoms with Crippen LogP contribution in [0.5, 0.6) is 11.5 Å². The summed E-state index contributed by atoms with van der Waals surface area (Å²) < 4.78 is 11.0. The summed E-state index contributed by atoms with van der Waals surface area (Å²) in [6.07, 6.45) is 1.29. The quantitative estimate of drug-likeness (QED) is 0.398. The number of aliphatic hydroxyl groups is 2. The predicted octanol–water partition coefficient (Wildman–Crippen LogP) is 1.12. The second kappa shape index (κ2) is 11.7. The summed E-state index contributed by atoms with van der Waals surface area (Å²) in [5.41, 5.74) is 0.479. The fraction of sp³-hybridized carbons (Fsp3) is 0.444. The fourth-order valence-corrected chi connectivity index (χ4v) is 2.16. The summed E-state index contributed by atoms with van der Waals surface area (Å²) in [6.45, 7) is 4.28. The van der Waals surface area contributed by atoms with E-state index >= 15 is 0 Å². The van der Waals surface area contributed by atoms with Crippen LogP contribution in [0.25, 0.3) is 0 Å². The van der Waals surface area contributed by atoms with Crippen LogP contribution in [0.1, 0.15) is 13.8 Å².